The van der Waals surface area contributed by atoms with Crippen LogP contribution in [0.25, 0.3) is 0 Å². The number of hydrogen-bond acceptors (Lipinski definition) is 3. The molecule has 1 atom stereocenters. The molecule has 0 radical (unpaired) electrons. The van der Waals surface area contributed by atoms with E-state index >= 15 is 0 Å². The van der Waals surface area contributed by atoms with Crippen LogP contribution in [0.5, 0.6) is 5.75 Å². The van der Waals surface area contributed by atoms with E-state index < -0.39 is 0 Å². The first kappa shape index (κ1) is 14.0. The van der Waals surface area contributed by atoms with Gasteiger partial charge >= 0.3 is 0 Å². The van der Waals surface area contributed by atoms with Gasteiger partial charge in [-0.05, 0) is 50.9 Å². The van der Waals surface area contributed by atoms with Gasteiger partial charge in [-0.3, -0.25) is 0 Å². The van der Waals surface area contributed by atoms with Crippen LogP contribution in [0.1, 0.15) is 37.8 Å². The Bertz CT molecular complexity index is 315. The van der Waals surface area contributed by atoms with Crippen LogP contribution in [0, 0.1) is 0 Å². The quantitative estimate of drug-likeness (QED) is 0.683. The molecule has 0 heterocycles. The number of nitrogens with one attached hydrogen (secondary N) is 1. The zero-order valence-corrected chi connectivity index (χ0v) is 10.8. The summed E-state index contributed by atoms with van der Waals surface area (Å²) < 4.78 is 5.68. The normalized spacial score (nSPS) is 12.4. The highest BCUT2D eigenvalue weighted by Crippen LogP contribution is 2.18. The van der Waals surface area contributed by atoms with Crippen molar-refractivity contribution in [2.24, 2.45) is 0 Å². The minimum atomic E-state index is 0.273. The van der Waals surface area contributed by atoms with E-state index in [4.69, 9.17) is 9.84 Å². The van der Waals surface area contributed by atoms with Crippen molar-refractivity contribution in [2.75, 3.05) is 20.3 Å². The van der Waals surface area contributed by atoms with Gasteiger partial charge in [-0.25, -0.2) is 0 Å². The summed E-state index contributed by atoms with van der Waals surface area (Å²) in [4.78, 5) is 0. The molecule has 0 aliphatic rings. The highest BCUT2D eigenvalue weighted by atomic mass is 16.5. The first-order valence-electron chi connectivity index (χ1n) is 6.29. The summed E-state index contributed by atoms with van der Waals surface area (Å²) in [5.74, 6) is 0.925. The Labute approximate surface area is 104 Å². The van der Waals surface area contributed by atoms with Crippen molar-refractivity contribution in [1.29, 1.82) is 0 Å². The molecular formula is C14H23NO2. The van der Waals surface area contributed by atoms with Gasteiger partial charge in [0.15, 0.2) is 0 Å². The van der Waals surface area contributed by atoms with Gasteiger partial charge in [-0.2, -0.15) is 0 Å². The van der Waals surface area contributed by atoms with Crippen LogP contribution < -0.4 is 10.1 Å². The summed E-state index contributed by atoms with van der Waals surface area (Å²) in [6.45, 7) is 3.12. The second kappa shape index (κ2) is 8.09. The lowest BCUT2D eigenvalue weighted by Gasteiger charge is -2.12. The van der Waals surface area contributed by atoms with E-state index in [0.717, 1.165) is 31.6 Å². The average molecular weight is 237 g/mol. The highest BCUT2D eigenvalue weighted by molar-refractivity contribution is 5.30. The lowest BCUT2D eigenvalue weighted by Crippen LogP contribution is -2.12. The van der Waals surface area contributed by atoms with E-state index in [9.17, 15) is 0 Å². The summed E-state index contributed by atoms with van der Waals surface area (Å²) in [5, 5.41) is 11.9. The third kappa shape index (κ3) is 5.20. The second-order valence-electron chi connectivity index (χ2n) is 4.22. The van der Waals surface area contributed by atoms with Crippen molar-refractivity contribution in [3.8, 4) is 5.75 Å². The Hall–Kier alpha value is -1.06. The van der Waals surface area contributed by atoms with Crippen LogP contribution in [0.15, 0.2) is 24.3 Å². The Morgan fingerprint density at radius 3 is 2.82 bits per heavy atom. The fourth-order valence-corrected chi connectivity index (χ4v) is 1.62. The molecule has 0 aromatic heterocycles. The van der Waals surface area contributed by atoms with E-state index in [1.165, 1.54) is 5.56 Å². The molecule has 1 aromatic carbocycles. The number of ether oxygens (including phenoxy) is 1. The standard InChI is InChI=1S/C14H23NO2/c1-12(15-2)13-7-6-8-14(11-13)17-10-5-3-4-9-16/h6-8,11-12,15-16H,3-5,9-10H2,1-2H3. The number of aliphatic hydroxyl groups is 1. The summed E-state index contributed by atoms with van der Waals surface area (Å²) in [5.41, 5.74) is 1.24. The van der Waals surface area contributed by atoms with Crippen LogP contribution in [0.4, 0.5) is 0 Å². The molecular weight excluding hydrogens is 214 g/mol. The molecule has 1 rings (SSSR count). The molecule has 3 heteroatoms. The summed E-state index contributed by atoms with van der Waals surface area (Å²) in [7, 11) is 1.95. The van der Waals surface area contributed by atoms with Gasteiger partial charge in [0.1, 0.15) is 5.75 Å². The second-order valence-corrected chi connectivity index (χ2v) is 4.22. The maximum absolute atomic E-state index is 8.66. The fourth-order valence-electron chi connectivity index (χ4n) is 1.62. The van der Waals surface area contributed by atoms with Gasteiger partial charge < -0.3 is 15.2 Å². The van der Waals surface area contributed by atoms with E-state index in [-0.39, 0.29) is 6.61 Å². The third-order valence-corrected chi connectivity index (χ3v) is 2.86. The number of hydrogen-bond donors (Lipinski definition) is 2. The zero-order chi connectivity index (χ0) is 12.5. The zero-order valence-electron chi connectivity index (χ0n) is 10.8. The van der Waals surface area contributed by atoms with Gasteiger partial charge in [0.2, 0.25) is 0 Å². The SMILES string of the molecule is CNC(C)c1cccc(OCCCCCO)c1. The van der Waals surface area contributed by atoms with Gasteiger partial charge in [0, 0.05) is 12.6 Å². The summed E-state index contributed by atoms with van der Waals surface area (Å²) >= 11 is 0. The van der Waals surface area contributed by atoms with Crippen LogP contribution in [-0.4, -0.2) is 25.4 Å². The van der Waals surface area contributed by atoms with Crippen LogP contribution in [0.2, 0.25) is 0 Å². The summed E-state index contributed by atoms with van der Waals surface area (Å²) in [6, 6.07) is 8.52. The molecule has 96 valence electrons. The topological polar surface area (TPSA) is 41.5 Å². The van der Waals surface area contributed by atoms with Gasteiger partial charge in [-0.15, -0.1) is 0 Å². The highest BCUT2D eigenvalue weighted by Gasteiger charge is 2.03. The number of aliphatic hydroxyl groups excluding tert-OH is 1. The van der Waals surface area contributed by atoms with Gasteiger partial charge in [-0.1, -0.05) is 12.1 Å². The molecule has 0 aliphatic carbocycles. The molecule has 0 saturated heterocycles. The van der Waals surface area contributed by atoms with E-state index in [1.54, 1.807) is 0 Å². The number of unbranched alkanes of at least 4 members (excludes halogenated alkanes) is 2. The molecule has 0 aliphatic heterocycles. The molecule has 0 saturated carbocycles. The largest absolute Gasteiger partial charge is 0.494 e. The maximum Gasteiger partial charge on any atom is 0.119 e. The van der Waals surface area contributed by atoms with E-state index in [1.807, 2.05) is 19.2 Å². The smallest absolute Gasteiger partial charge is 0.119 e. The van der Waals surface area contributed by atoms with Crippen LogP contribution >= 0.6 is 0 Å². The van der Waals surface area contributed by atoms with Gasteiger partial charge in [0.05, 0.1) is 6.61 Å². The Kier molecular flexibility index (Phi) is 6.67. The molecule has 1 unspecified atom stereocenters. The van der Waals surface area contributed by atoms with Crippen molar-refractivity contribution >= 4 is 0 Å². The third-order valence-electron chi connectivity index (χ3n) is 2.86. The van der Waals surface area contributed by atoms with Crippen molar-refractivity contribution in [2.45, 2.75) is 32.2 Å². The maximum atomic E-state index is 8.66. The minimum Gasteiger partial charge on any atom is -0.494 e. The molecule has 0 spiro atoms. The van der Waals surface area contributed by atoms with E-state index in [0.29, 0.717) is 6.04 Å². The van der Waals surface area contributed by atoms with E-state index in [2.05, 4.69) is 24.4 Å². The van der Waals surface area contributed by atoms with Crippen LogP contribution in [-0.2, 0) is 0 Å². The Balaban J connectivity index is 2.38. The first-order valence-corrected chi connectivity index (χ1v) is 6.29. The predicted octanol–water partition coefficient (Wildman–Crippen LogP) is 2.51. The van der Waals surface area contributed by atoms with Gasteiger partial charge in [0.25, 0.3) is 0 Å². The molecule has 17 heavy (non-hydrogen) atoms. The Morgan fingerprint density at radius 2 is 2.12 bits per heavy atom. The molecule has 0 fully saturated rings. The van der Waals surface area contributed by atoms with Crippen molar-refractivity contribution in [3.63, 3.8) is 0 Å². The summed E-state index contributed by atoms with van der Waals surface area (Å²) in [6.07, 6.45) is 2.87. The fraction of sp³-hybridized carbons (Fsp3) is 0.571. The van der Waals surface area contributed by atoms with Crippen LogP contribution in [0.3, 0.4) is 0 Å². The number of benzene rings is 1. The number of rotatable bonds is 8. The molecule has 0 bridgehead atoms. The average Bonchev–Trinajstić information content (AvgIpc) is 2.38. The predicted molar refractivity (Wildman–Crippen MR) is 70.3 cm³/mol. The molecule has 3 nitrogen and oxygen atoms in total. The Morgan fingerprint density at radius 1 is 1.29 bits per heavy atom. The van der Waals surface area contributed by atoms with Crippen molar-refractivity contribution < 1.29 is 9.84 Å². The lowest BCUT2D eigenvalue weighted by molar-refractivity contribution is 0.266. The minimum absolute atomic E-state index is 0.273. The molecule has 1 aromatic rings. The molecule has 2 N–H and O–H groups in total. The monoisotopic (exact) mass is 237 g/mol. The lowest BCUT2D eigenvalue weighted by atomic mass is 10.1. The van der Waals surface area contributed by atoms with Crippen molar-refractivity contribution in [1.82, 2.24) is 5.32 Å². The van der Waals surface area contributed by atoms with Crippen molar-refractivity contribution in [3.05, 3.63) is 29.8 Å². The first-order chi connectivity index (χ1) is 8.27. The molecule has 0 amide bonds.